The van der Waals surface area contributed by atoms with E-state index in [1.807, 2.05) is 18.3 Å². The number of ether oxygens (including phenoxy) is 1. The van der Waals surface area contributed by atoms with Crippen LogP contribution in [0, 0.1) is 0 Å². The van der Waals surface area contributed by atoms with Gasteiger partial charge in [0.2, 0.25) is 0 Å². The van der Waals surface area contributed by atoms with Crippen LogP contribution in [0.1, 0.15) is 22.3 Å². The Morgan fingerprint density at radius 2 is 1.29 bits per heavy atom. The molecule has 4 nitrogen and oxygen atoms in total. The lowest BCUT2D eigenvalue weighted by Crippen LogP contribution is -2.32. The summed E-state index contributed by atoms with van der Waals surface area (Å²) < 4.78 is 8.79. The van der Waals surface area contributed by atoms with Gasteiger partial charge >= 0.3 is 0 Å². The first-order chi connectivity index (χ1) is 22.3. The lowest BCUT2D eigenvalue weighted by atomic mass is 9.66. The van der Waals surface area contributed by atoms with Crippen LogP contribution < -0.4 is 4.74 Å². The largest absolute Gasteiger partial charge is 0.457 e. The zero-order chi connectivity index (χ0) is 29.5. The van der Waals surface area contributed by atoms with Crippen LogP contribution in [0.2, 0.25) is 0 Å². The molecule has 210 valence electrons. The standard InChI is InChI=1S/C40H23N3OS/c1-3-13-29-26(11-1)28-22-24(19-20-30(28)40(29)31-14-4-6-16-33(31)44-34-17-7-5-15-32(34)40)36-38-37(27-12-2-8-18-35(27)45-38)43-39(42-36)25-10-9-21-41-23-25/h1-23H. The van der Waals surface area contributed by atoms with Gasteiger partial charge in [-0.1, -0.05) is 91.0 Å². The predicted octanol–water partition coefficient (Wildman–Crippen LogP) is 10.0. The molecule has 1 spiro atoms. The van der Waals surface area contributed by atoms with Gasteiger partial charge in [0.1, 0.15) is 11.5 Å². The quantitative estimate of drug-likeness (QED) is 0.200. The summed E-state index contributed by atoms with van der Waals surface area (Å²) >= 11 is 1.75. The van der Waals surface area contributed by atoms with Gasteiger partial charge in [0, 0.05) is 44.7 Å². The van der Waals surface area contributed by atoms with Gasteiger partial charge in [-0.25, -0.2) is 9.97 Å². The Balaban J connectivity index is 1.28. The lowest BCUT2D eigenvalue weighted by molar-refractivity contribution is 0.436. The summed E-state index contributed by atoms with van der Waals surface area (Å²) in [5.74, 6) is 2.47. The number of rotatable bonds is 2. The molecule has 0 saturated heterocycles. The van der Waals surface area contributed by atoms with Crippen LogP contribution >= 0.6 is 11.3 Å². The molecule has 0 saturated carbocycles. The van der Waals surface area contributed by atoms with Crippen LogP contribution in [0.4, 0.5) is 0 Å². The molecule has 8 aromatic rings. The van der Waals surface area contributed by atoms with Crippen molar-refractivity contribution in [1.29, 1.82) is 0 Å². The van der Waals surface area contributed by atoms with Crippen molar-refractivity contribution in [3.63, 3.8) is 0 Å². The first kappa shape index (κ1) is 24.8. The van der Waals surface area contributed by atoms with Crippen LogP contribution in [-0.2, 0) is 5.41 Å². The normalized spacial score (nSPS) is 13.7. The first-order valence-corrected chi connectivity index (χ1v) is 15.8. The van der Waals surface area contributed by atoms with Crippen molar-refractivity contribution in [2.24, 2.45) is 0 Å². The maximum Gasteiger partial charge on any atom is 0.162 e. The van der Waals surface area contributed by atoms with Gasteiger partial charge in [0.15, 0.2) is 5.82 Å². The molecule has 1 aliphatic carbocycles. The summed E-state index contributed by atoms with van der Waals surface area (Å²) in [7, 11) is 0. The molecule has 4 heterocycles. The molecule has 0 atom stereocenters. The third-order valence-electron chi connectivity index (χ3n) is 9.26. The Hall–Kier alpha value is -5.65. The fraction of sp³-hybridized carbons (Fsp3) is 0.0250. The average molecular weight is 594 g/mol. The molecule has 0 bridgehead atoms. The van der Waals surface area contributed by atoms with Crippen molar-refractivity contribution >= 4 is 31.6 Å². The van der Waals surface area contributed by atoms with Gasteiger partial charge in [-0.2, -0.15) is 0 Å². The Morgan fingerprint density at radius 3 is 2.09 bits per heavy atom. The summed E-state index contributed by atoms with van der Waals surface area (Å²) in [6.45, 7) is 0. The Morgan fingerprint density at radius 1 is 0.578 bits per heavy atom. The highest BCUT2D eigenvalue weighted by Gasteiger charge is 2.50. The van der Waals surface area contributed by atoms with Crippen LogP contribution in [0.3, 0.4) is 0 Å². The number of pyridine rings is 1. The topological polar surface area (TPSA) is 47.9 Å². The second-order valence-corrected chi connectivity index (χ2v) is 12.6. The van der Waals surface area contributed by atoms with Crippen molar-refractivity contribution in [3.8, 4) is 45.3 Å². The van der Waals surface area contributed by atoms with Crippen molar-refractivity contribution in [2.75, 3.05) is 0 Å². The highest BCUT2D eigenvalue weighted by molar-refractivity contribution is 7.26. The van der Waals surface area contributed by atoms with E-state index in [9.17, 15) is 0 Å². The Bertz CT molecular complexity index is 2440. The minimum atomic E-state index is -0.491. The van der Waals surface area contributed by atoms with E-state index in [0.29, 0.717) is 5.82 Å². The smallest absolute Gasteiger partial charge is 0.162 e. The van der Waals surface area contributed by atoms with Gasteiger partial charge in [0.05, 0.1) is 21.3 Å². The zero-order valence-corrected chi connectivity index (χ0v) is 24.8. The highest BCUT2D eigenvalue weighted by atomic mass is 32.1. The number of nitrogens with zero attached hydrogens (tertiary/aromatic N) is 3. The van der Waals surface area contributed by atoms with Crippen molar-refractivity contribution in [3.05, 3.63) is 162 Å². The summed E-state index contributed by atoms with van der Waals surface area (Å²) in [4.78, 5) is 14.7. The fourth-order valence-corrected chi connectivity index (χ4v) is 8.57. The van der Waals surface area contributed by atoms with E-state index < -0.39 is 5.41 Å². The number of fused-ring (bicyclic) bond motifs is 12. The summed E-state index contributed by atoms with van der Waals surface area (Å²) in [6, 6.07) is 45.1. The summed E-state index contributed by atoms with van der Waals surface area (Å²) in [6.07, 6.45) is 3.62. The van der Waals surface area contributed by atoms with Crippen LogP contribution in [0.25, 0.3) is 54.1 Å². The van der Waals surface area contributed by atoms with E-state index in [-0.39, 0.29) is 0 Å². The molecule has 3 aromatic heterocycles. The van der Waals surface area contributed by atoms with Crippen molar-refractivity contribution < 1.29 is 4.74 Å². The molecule has 0 radical (unpaired) electrons. The zero-order valence-electron chi connectivity index (χ0n) is 23.9. The van der Waals surface area contributed by atoms with E-state index in [2.05, 4.69) is 120 Å². The molecular formula is C40H23N3OS. The van der Waals surface area contributed by atoms with Crippen molar-refractivity contribution in [2.45, 2.75) is 5.41 Å². The van der Waals surface area contributed by atoms with Gasteiger partial charge in [-0.05, 0) is 58.7 Å². The summed E-state index contributed by atoms with van der Waals surface area (Å²) in [5.41, 5.74) is 10.7. The fourth-order valence-electron chi connectivity index (χ4n) is 7.42. The highest BCUT2D eigenvalue weighted by Crippen LogP contribution is 2.62. The minimum absolute atomic E-state index is 0.491. The van der Waals surface area contributed by atoms with Crippen LogP contribution in [0.15, 0.2) is 140 Å². The summed E-state index contributed by atoms with van der Waals surface area (Å²) in [5, 5.41) is 1.15. The lowest BCUT2D eigenvalue weighted by Gasteiger charge is -2.39. The third-order valence-corrected chi connectivity index (χ3v) is 10.4. The Labute approximate surface area is 263 Å². The first-order valence-electron chi connectivity index (χ1n) is 15.0. The molecule has 10 rings (SSSR count). The molecule has 0 N–H and O–H groups in total. The van der Waals surface area contributed by atoms with Gasteiger partial charge in [-0.3, -0.25) is 4.98 Å². The molecule has 0 amide bonds. The van der Waals surface area contributed by atoms with Crippen LogP contribution in [0.5, 0.6) is 11.5 Å². The van der Waals surface area contributed by atoms with E-state index in [4.69, 9.17) is 14.7 Å². The van der Waals surface area contributed by atoms with E-state index in [1.54, 1.807) is 17.5 Å². The molecule has 0 fully saturated rings. The molecule has 5 heteroatoms. The number of hydrogen-bond donors (Lipinski definition) is 0. The number of aromatic nitrogens is 3. The number of hydrogen-bond acceptors (Lipinski definition) is 5. The van der Waals surface area contributed by atoms with E-state index in [0.717, 1.165) is 55.0 Å². The molecule has 2 aliphatic rings. The number of para-hydroxylation sites is 2. The SMILES string of the molecule is c1cncc(-c2nc(-c3ccc4c(c3)-c3ccccc3C43c4ccccc4Oc4ccccc43)c3sc4ccccc4c3n2)c1. The molecule has 0 unspecified atom stereocenters. The predicted molar refractivity (Wildman–Crippen MR) is 181 cm³/mol. The number of benzene rings is 5. The third kappa shape index (κ3) is 3.33. The second-order valence-electron chi connectivity index (χ2n) is 11.6. The van der Waals surface area contributed by atoms with Crippen molar-refractivity contribution in [1.82, 2.24) is 15.0 Å². The molecule has 5 aromatic carbocycles. The maximum absolute atomic E-state index is 6.50. The molecular weight excluding hydrogens is 571 g/mol. The van der Waals surface area contributed by atoms with Gasteiger partial charge in [-0.15, -0.1) is 11.3 Å². The van der Waals surface area contributed by atoms with Gasteiger partial charge < -0.3 is 4.74 Å². The monoisotopic (exact) mass is 593 g/mol. The van der Waals surface area contributed by atoms with Crippen LogP contribution in [-0.4, -0.2) is 15.0 Å². The molecule has 1 aliphatic heterocycles. The minimum Gasteiger partial charge on any atom is -0.457 e. The molecule has 45 heavy (non-hydrogen) atoms. The Kier molecular flexibility index (Phi) is 5.05. The maximum atomic E-state index is 6.50. The van der Waals surface area contributed by atoms with Gasteiger partial charge in [0.25, 0.3) is 0 Å². The van der Waals surface area contributed by atoms with E-state index in [1.165, 1.54) is 27.0 Å². The number of thiophene rings is 1. The average Bonchev–Trinajstić information content (AvgIpc) is 3.62. The second kappa shape index (κ2) is 9.18. The van der Waals surface area contributed by atoms with E-state index >= 15 is 0 Å².